The van der Waals surface area contributed by atoms with Gasteiger partial charge < -0.3 is 26.4 Å². The summed E-state index contributed by atoms with van der Waals surface area (Å²) in [7, 11) is 0. The molecule has 0 spiro atoms. The highest BCUT2D eigenvalue weighted by Gasteiger charge is 2.25. The summed E-state index contributed by atoms with van der Waals surface area (Å²) < 4.78 is 4.12. The maximum Gasteiger partial charge on any atom is 0.331 e. The molecule has 104 valence electrons. The van der Waals surface area contributed by atoms with Gasteiger partial charge in [0.2, 0.25) is 0 Å². The van der Waals surface area contributed by atoms with Crippen LogP contribution < -0.4 is 11.5 Å². The van der Waals surface area contributed by atoms with Crippen LogP contribution >= 0.6 is 12.4 Å². The number of carboxylic acid groups (broad SMARTS) is 2. The normalized spacial score (nSPS) is 12.8. The third-order valence-electron chi connectivity index (χ3n) is 1.60. The first-order valence-corrected chi connectivity index (χ1v) is 4.44. The Kier molecular flexibility index (Phi) is 8.69. The number of hydrogen-bond donors (Lipinski definition) is 4. The fraction of sp³-hybridized carbons (Fsp3) is 0.500. The van der Waals surface area contributed by atoms with Gasteiger partial charge in [-0.3, -0.25) is 9.59 Å². The van der Waals surface area contributed by atoms with Gasteiger partial charge in [-0.15, -0.1) is 12.4 Å². The van der Waals surface area contributed by atoms with Crippen LogP contribution in [0.2, 0.25) is 0 Å². The number of hydrogen-bond acceptors (Lipinski definition) is 7. The summed E-state index contributed by atoms with van der Waals surface area (Å²) in [5, 5.41) is 16.6. The molecule has 0 aromatic carbocycles. The Morgan fingerprint density at radius 3 is 1.39 bits per heavy atom. The van der Waals surface area contributed by atoms with Crippen molar-refractivity contribution in [3.8, 4) is 0 Å². The van der Waals surface area contributed by atoms with E-state index in [4.69, 9.17) is 21.7 Å². The predicted octanol–water partition coefficient (Wildman–Crippen LogP) is -1.92. The molecule has 2 unspecified atom stereocenters. The molecule has 2 atom stereocenters. The molecule has 10 heteroatoms. The lowest BCUT2D eigenvalue weighted by Gasteiger charge is -2.10. The van der Waals surface area contributed by atoms with Crippen LogP contribution in [0.4, 0.5) is 0 Å². The van der Waals surface area contributed by atoms with Crippen LogP contribution in [0, 0.1) is 0 Å². The fourth-order valence-electron chi connectivity index (χ4n) is 0.793. The number of halogens is 1. The fourth-order valence-corrected chi connectivity index (χ4v) is 0.793. The molecule has 0 saturated carbocycles. The number of carboxylic acids is 2. The van der Waals surface area contributed by atoms with Crippen molar-refractivity contribution in [2.75, 3.05) is 0 Å². The van der Waals surface area contributed by atoms with Crippen LogP contribution in [-0.2, 0) is 23.9 Å². The number of esters is 2. The average Bonchev–Trinajstić information content (AvgIpc) is 2.15. The Morgan fingerprint density at radius 2 is 1.17 bits per heavy atom. The van der Waals surface area contributed by atoms with Gasteiger partial charge in [0.25, 0.3) is 0 Å². The smallest absolute Gasteiger partial charge is 0.331 e. The molecule has 0 heterocycles. The van der Waals surface area contributed by atoms with Gasteiger partial charge in [-0.25, -0.2) is 9.59 Å². The van der Waals surface area contributed by atoms with Crippen molar-refractivity contribution < 1.29 is 34.1 Å². The van der Waals surface area contributed by atoms with Gasteiger partial charge in [0.15, 0.2) is 0 Å². The molecular weight excluding hydrogens is 272 g/mol. The maximum absolute atomic E-state index is 11.0. The van der Waals surface area contributed by atoms with E-state index in [1.807, 2.05) is 0 Å². The van der Waals surface area contributed by atoms with Crippen LogP contribution in [-0.4, -0.2) is 46.2 Å². The molecule has 0 radical (unpaired) electrons. The Balaban J connectivity index is 0. The van der Waals surface area contributed by atoms with Crippen LogP contribution in [0.15, 0.2) is 0 Å². The largest absolute Gasteiger partial charge is 0.481 e. The minimum absolute atomic E-state index is 0. The molecule has 0 aromatic rings. The Hall–Kier alpha value is -1.71. The van der Waals surface area contributed by atoms with Crippen LogP contribution in [0.3, 0.4) is 0 Å². The van der Waals surface area contributed by atoms with Crippen molar-refractivity contribution in [1.82, 2.24) is 0 Å². The standard InChI is InChI=1S/C8H12N2O7.ClH/c9-3(1-5(11)12)7(15)17-8(16)4(10)2-6(13)14;/h3-4H,1-2,9-10H2,(H,11,12)(H,13,14);1H. The lowest BCUT2D eigenvalue weighted by Crippen LogP contribution is -2.41. The van der Waals surface area contributed by atoms with Crippen molar-refractivity contribution in [2.24, 2.45) is 11.5 Å². The highest BCUT2D eigenvalue weighted by Crippen LogP contribution is 1.97. The highest BCUT2D eigenvalue weighted by molar-refractivity contribution is 5.93. The first-order chi connectivity index (χ1) is 7.73. The Bertz CT molecular complexity index is 314. The van der Waals surface area contributed by atoms with Crippen molar-refractivity contribution >= 4 is 36.3 Å². The first-order valence-electron chi connectivity index (χ1n) is 4.44. The van der Waals surface area contributed by atoms with Gasteiger partial charge in [0.05, 0.1) is 12.8 Å². The lowest BCUT2D eigenvalue weighted by molar-refractivity contribution is -0.164. The lowest BCUT2D eigenvalue weighted by atomic mass is 10.2. The molecule has 0 aliphatic heterocycles. The quantitative estimate of drug-likeness (QED) is 0.320. The van der Waals surface area contributed by atoms with E-state index < -0.39 is 48.8 Å². The van der Waals surface area contributed by atoms with E-state index in [9.17, 15) is 19.2 Å². The number of carbonyl (C=O) groups excluding carboxylic acids is 2. The van der Waals surface area contributed by atoms with E-state index in [-0.39, 0.29) is 12.4 Å². The topological polar surface area (TPSA) is 170 Å². The number of ether oxygens (including phenoxy) is 1. The summed E-state index contributed by atoms with van der Waals surface area (Å²) >= 11 is 0. The first kappa shape index (κ1) is 18.6. The molecule has 0 saturated heterocycles. The zero-order chi connectivity index (χ0) is 13.6. The van der Waals surface area contributed by atoms with E-state index in [0.29, 0.717) is 0 Å². The van der Waals surface area contributed by atoms with Gasteiger partial charge in [0.1, 0.15) is 12.1 Å². The minimum Gasteiger partial charge on any atom is -0.481 e. The average molecular weight is 285 g/mol. The Morgan fingerprint density at radius 1 is 0.889 bits per heavy atom. The number of aliphatic carboxylic acids is 2. The van der Waals surface area contributed by atoms with Crippen molar-refractivity contribution in [1.29, 1.82) is 0 Å². The molecule has 0 aliphatic carbocycles. The van der Waals surface area contributed by atoms with Gasteiger partial charge in [-0.05, 0) is 0 Å². The second-order valence-corrected chi connectivity index (χ2v) is 3.15. The Labute approximate surface area is 107 Å². The summed E-state index contributed by atoms with van der Waals surface area (Å²) in [4.78, 5) is 42.5. The van der Waals surface area contributed by atoms with Gasteiger partial charge in [-0.1, -0.05) is 0 Å². The van der Waals surface area contributed by atoms with Gasteiger partial charge in [-0.2, -0.15) is 0 Å². The molecule has 0 amide bonds. The summed E-state index contributed by atoms with van der Waals surface area (Å²) in [6, 6.07) is -3.01. The van der Waals surface area contributed by atoms with E-state index in [1.54, 1.807) is 0 Å². The molecule has 6 N–H and O–H groups in total. The number of carbonyl (C=O) groups is 4. The van der Waals surface area contributed by atoms with Gasteiger partial charge >= 0.3 is 23.9 Å². The summed E-state index contributed by atoms with van der Waals surface area (Å²) in [6.07, 6.45) is -1.42. The highest BCUT2D eigenvalue weighted by atomic mass is 35.5. The number of nitrogens with two attached hydrogens (primary N) is 2. The predicted molar refractivity (Wildman–Crippen MR) is 58.8 cm³/mol. The molecule has 18 heavy (non-hydrogen) atoms. The maximum atomic E-state index is 11.0. The zero-order valence-electron chi connectivity index (χ0n) is 9.07. The van der Waals surface area contributed by atoms with Crippen molar-refractivity contribution in [3.63, 3.8) is 0 Å². The molecule has 9 nitrogen and oxygen atoms in total. The summed E-state index contributed by atoms with van der Waals surface area (Å²) in [5.74, 6) is -5.20. The van der Waals surface area contributed by atoms with Crippen molar-refractivity contribution in [2.45, 2.75) is 24.9 Å². The van der Waals surface area contributed by atoms with Crippen LogP contribution in [0.25, 0.3) is 0 Å². The monoisotopic (exact) mass is 284 g/mol. The molecule has 0 bridgehead atoms. The van der Waals surface area contributed by atoms with E-state index >= 15 is 0 Å². The second kappa shape index (κ2) is 8.39. The zero-order valence-corrected chi connectivity index (χ0v) is 9.88. The van der Waals surface area contributed by atoms with Crippen LogP contribution in [0.5, 0.6) is 0 Å². The minimum atomic E-state index is -1.51. The number of rotatable bonds is 6. The molecular formula is C8H13ClN2O7. The van der Waals surface area contributed by atoms with Crippen LogP contribution in [0.1, 0.15) is 12.8 Å². The second-order valence-electron chi connectivity index (χ2n) is 3.15. The molecule has 0 aromatic heterocycles. The molecule has 0 rings (SSSR count). The van der Waals surface area contributed by atoms with Gasteiger partial charge in [0, 0.05) is 0 Å². The third-order valence-corrected chi connectivity index (χ3v) is 1.60. The summed E-state index contributed by atoms with van der Waals surface area (Å²) in [5.41, 5.74) is 10.2. The molecule has 0 aliphatic rings. The SMILES string of the molecule is Cl.NC(CC(=O)O)C(=O)OC(=O)C(N)CC(=O)O. The molecule has 0 fully saturated rings. The van der Waals surface area contributed by atoms with E-state index in [2.05, 4.69) is 4.74 Å². The van der Waals surface area contributed by atoms with Crippen molar-refractivity contribution in [3.05, 3.63) is 0 Å². The summed E-state index contributed by atoms with van der Waals surface area (Å²) in [6.45, 7) is 0. The van der Waals surface area contributed by atoms with E-state index in [1.165, 1.54) is 0 Å². The van der Waals surface area contributed by atoms with E-state index in [0.717, 1.165) is 0 Å². The third kappa shape index (κ3) is 7.54.